The van der Waals surface area contributed by atoms with E-state index in [9.17, 15) is 4.79 Å². The van der Waals surface area contributed by atoms with E-state index in [2.05, 4.69) is 24.3 Å². The van der Waals surface area contributed by atoms with E-state index in [-0.39, 0.29) is 17.9 Å². The molecule has 0 bridgehead atoms. The van der Waals surface area contributed by atoms with E-state index >= 15 is 0 Å². The Kier molecular flexibility index (Phi) is 4.44. The smallest absolute Gasteiger partial charge is 0.233 e. The molecule has 1 fully saturated rings. The first-order chi connectivity index (χ1) is 12.8. The fourth-order valence-corrected chi connectivity index (χ4v) is 3.66. The molecule has 3 aromatic carbocycles. The topological polar surface area (TPSA) is 29.5 Å². The predicted molar refractivity (Wildman–Crippen MR) is 102 cm³/mol. The third-order valence-electron chi connectivity index (χ3n) is 5.01. The Balaban J connectivity index is 1.66. The lowest BCUT2D eigenvalue weighted by Gasteiger charge is -2.48. The molecule has 1 heterocycles. The summed E-state index contributed by atoms with van der Waals surface area (Å²) in [4.78, 5) is 15.0. The molecule has 1 aliphatic heterocycles. The minimum Gasteiger partial charge on any atom is -0.497 e. The van der Waals surface area contributed by atoms with E-state index in [1.807, 2.05) is 65.6 Å². The average molecular weight is 343 g/mol. The van der Waals surface area contributed by atoms with Crippen LogP contribution in [0.15, 0.2) is 84.9 Å². The van der Waals surface area contributed by atoms with Gasteiger partial charge in [0, 0.05) is 6.54 Å². The first kappa shape index (κ1) is 16.4. The third kappa shape index (κ3) is 2.97. The lowest BCUT2D eigenvalue weighted by Crippen LogP contribution is -2.52. The Labute approximate surface area is 153 Å². The molecular formula is C23H21NO2. The number of hydrogen-bond donors (Lipinski definition) is 0. The van der Waals surface area contributed by atoms with E-state index in [0.29, 0.717) is 6.54 Å². The summed E-state index contributed by atoms with van der Waals surface area (Å²) in [7, 11) is 1.65. The van der Waals surface area contributed by atoms with Crippen LogP contribution in [0.4, 0.5) is 0 Å². The maximum Gasteiger partial charge on any atom is 0.233 e. The van der Waals surface area contributed by atoms with Crippen LogP contribution in [-0.4, -0.2) is 17.9 Å². The average Bonchev–Trinajstić information content (AvgIpc) is 2.71. The molecule has 130 valence electrons. The van der Waals surface area contributed by atoms with E-state index in [0.717, 1.165) is 16.9 Å². The number of carbonyl (C=O) groups excluding carboxylic acids is 1. The first-order valence-corrected chi connectivity index (χ1v) is 8.81. The number of hydrogen-bond acceptors (Lipinski definition) is 2. The fourth-order valence-electron chi connectivity index (χ4n) is 3.66. The SMILES string of the molecule is COc1ccc([C@H]2C(=O)N(Cc3ccccc3)[C@@H]2c2ccccc2)cc1. The van der Waals surface area contributed by atoms with Crippen molar-refractivity contribution in [2.45, 2.75) is 18.5 Å². The minimum absolute atomic E-state index is 0.0531. The van der Waals surface area contributed by atoms with Gasteiger partial charge in [-0.3, -0.25) is 4.79 Å². The summed E-state index contributed by atoms with van der Waals surface area (Å²) in [5, 5.41) is 0. The highest BCUT2D eigenvalue weighted by Crippen LogP contribution is 2.47. The second-order valence-corrected chi connectivity index (χ2v) is 6.56. The molecule has 0 aromatic heterocycles. The highest BCUT2D eigenvalue weighted by atomic mass is 16.5. The molecule has 3 heteroatoms. The van der Waals surface area contributed by atoms with Crippen molar-refractivity contribution in [1.82, 2.24) is 4.90 Å². The van der Waals surface area contributed by atoms with Crippen molar-refractivity contribution in [3.05, 3.63) is 102 Å². The number of carbonyl (C=O) groups is 1. The molecule has 26 heavy (non-hydrogen) atoms. The highest BCUT2D eigenvalue weighted by Gasteiger charge is 2.48. The summed E-state index contributed by atoms with van der Waals surface area (Å²) < 4.78 is 5.24. The normalized spacial score (nSPS) is 19.1. The van der Waals surface area contributed by atoms with Crippen molar-refractivity contribution in [2.75, 3.05) is 7.11 Å². The monoisotopic (exact) mass is 343 g/mol. The number of β-lactam (4-membered cyclic amide) rings is 1. The molecule has 0 saturated carbocycles. The van der Waals surface area contributed by atoms with Crippen LogP contribution in [0.3, 0.4) is 0 Å². The van der Waals surface area contributed by atoms with Crippen LogP contribution in [0, 0.1) is 0 Å². The number of likely N-dealkylation sites (tertiary alicyclic amines) is 1. The van der Waals surface area contributed by atoms with E-state index < -0.39 is 0 Å². The van der Waals surface area contributed by atoms with E-state index in [1.54, 1.807) is 7.11 Å². The molecule has 3 nitrogen and oxygen atoms in total. The summed E-state index contributed by atoms with van der Waals surface area (Å²) in [5.41, 5.74) is 3.35. The summed E-state index contributed by atoms with van der Waals surface area (Å²) in [6.45, 7) is 0.631. The lowest BCUT2D eigenvalue weighted by atomic mass is 9.77. The molecule has 1 saturated heterocycles. The first-order valence-electron chi connectivity index (χ1n) is 8.81. The second kappa shape index (κ2) is 7.04. The molecule has 0 radical (unpaired) electrons. The number of methoxy groups -OCH3 is 1. The maximum atomic E-state index is 13.0. The van der Waals surface area contributed by atoms with E-state index in [4.69, 9.17) is 4.74 Å². The van der Waals surface area contributed by atoms with Gasteiger partial charge in [-0.2, -0.15) is 0 Å². The Bertz CT molecular complexity index is 875. The Morgan fingerprint density at radius 3 is 2.04 bits per heavy atom. The summed E-state index contributed by atoms with van der Waals surface area (Å²) >= 11 is 0. The minimum atomic E-state index is -0.146. The summed E-state index contributed by atoms with van der Waals surface area (Å²) in [6, 6.07) is 28.3. The Morgan fingerprint density at radius 1 is 0.808 bits per heavy atom. The quantitative estimate of drug-likeness (QED) is 0.636. The molecular weight excluding hydrogens is 322 g/mol. The van der Waals surface area contributed by atoms with Gasteiger partial charge in [-0.15, -0.1) is 0 Å². The van der Waals surface area contributed by atoms with Crippen LogP contribution in [-0.2, 0) is 11.3 Å². The van der Waals surface area contributed by atoms with Crippen LogP contribution in [0.2, 0.25) is 0 Å². The van der Waals surface area contributed by atoms with Gasteiger partial charge in [0.1, 0.15) is 5.75 Å². The third-order valence-corrected chi connectivity index (χ3v) is 5.01. The van der Waals surface area contributed by atoms with Crippen LogP contribution in [0.1, 0.15) is 28.7 Å². The van der Waals surface area contributed by atoms with Gasteiger partial charge in [0.05, 0.1) is 19.1 Å². The summed E-state index contributed by atoms with van der Waals surface area (Å²) in [5.74, 6) is 0.831. The standard InChI is InChI=1S/C23H21NO2/c1-26-20-14-12-18(13-15-20)21-22(19-10-6-3-7-11-19)24(23(21)25)16-17-8-4-2-5-9-17/h2-15,21-22H,16H2,1H3/t21-,22-/m1/s1. The highest BCUT2D eigenvalue weighted by molar-refractivity contribution is 5.91. The largest absolute Gasteiger partial charge is 0.497 e. The number of rotatable bonds is 5. The molecule has 1 aliphatic rings. The number of amides is 1. The van der Waals surface area contributed by atoms with Gasteiger partial charge in [-0.25, -0.2) is 0 Å². The fraction of sp³-hybridized carbons (Fsp3) is 0.174. The molecule has 4 rings (SSSR count). The Hall–Kier alpha value is -3.07. The number of benzene rings is 3. The van der Waals surface area contributed by atoms with Crippen molar-refractivity contribution in [3.8, 4) is 5.75 Å². The van der Waals surface area contributed by atoms with E-state index in [1.165, 1.54) is 5.56 Å². The van der Waals surface area contributed by atoms with Crippen molar-refractivity contribution in [1.29, 1.82) is 0 Å². The van der Waals surface area contributed by atoms with Crippen LogP contribution in [0.25, 0.3) is 0 Å². The van der Waals surface area contributed by atoms with Gasteiger partial charge >= 0.3 is 0 Å². The molecule has 0 spiro atoms. The van der Waals surface area contributed by atoms with Crippen molar-refractivity contribution < 1.29 is 9.53 Å². The van der Waals surface area contributed by atoms with Gasteiger partial charge in [-0.1, -0.05) is 72.8 Å². The second-order valence-electron chi connectivity index (χ2n) is 6.56. The van der Waals surface area contributed by atoms with Crippen LogP contribution in [0.5, 0.6) is 5.75 Å². The summed E-state index contributed by atoms with van der Waals surface area (Å²) in [6.07, 6.45) is 0. The molecule has 0 unspecified atom stereocenters. The van der Waals surface area contributed by atoms with Gasteiger partial charge in [0.15, 0.2) is 0 Å². The van der Waals surface area contributed by atoms with Gasteiger partial charge in [-0.05, 0) is 28.8 Å². The van der Waals surface area contributed by atoms with Crippen LogP contribution < -0.4 is 4.74 Å². The number of ether oxygens (including phenoxy) is 1. The van der Waals surface area contributed by atoms with Crippen molar-refractivity contribution in [2.24, 2.45) is 0 Å². The van der Waals surface area contributed by atoms with Gasteiger partial charge in [0.25, 0.3) is 0 Å². The molecule has 1 amide bonds. The Morgan fingerprint density at radius 2 is 1.42 bits per heavy atom. The molecule has 0 N–H and O–H groups in total. The van der Waals surface area contributed by atoms with Crippen molar-refractivity contribution >= 4 is 5.91 Å². The molecule has 0 aliphatic carbocycles. The predicted octanol–water partition coefficient (Wildman–Crippen LogP) is 4.56. The maximum absolute atomic E-state index is 13.0. The zero-order valence-electron chi connectivity index (χ0n) is 14.7. The lowest BCUT2D eigenvalue weighted by molar-refractivity contribution is -0.151. The van der Waals surface area contributed by atoms with Crippen molar-refractivity contribution in [3.63, 3.8) is 0 Å². The zero-order valence-corrected chi connectivity index (χ0v) is 14.7. The van der Waals surface area contributed by atoms with Crippen LogP contribution >= 0.6 is 0 Å². The number of nitrogens with zero attached hydrogens (tertiary/aromatic N) is 1. The van der Waals surface area contributed by atoms with Gasteiger partial charge in [0.2, 0.25) is 5.91 Å². The molecule has 3 aromatic rings. The molecule has 2 atom stereocenters. The van der Waals surface area contributed by atoms with Gasteiger partial charge < -0.3 is 9.64 Å². The zero-order chi connectivity index (χ0) is 17.9.